The minimum absolute atomic E-state index is 0.0834. The molecular formula is C14H15N3O2. The van der Waals surface area contributed by atoms with Crippen LogP contribution in [0.1, 0.15) is 24.3 Å². The van der Waals surface area contributed by atoms with E-state index in [2.05, 4.69) is 10.3 Å². The number of amides is 1. The van der Waals surface area contributed by atoms with E-state index in [9.17, 15) is 4.79 Å². The molecule has 0 spiro atoms. The van der Waals surface area contributed by atoms with Crippen molar-refractivity contribution in [3.63, 3.8) is 0 Å². The summed E-state index contributed by atoms with van der Waals surface area (Å²) < 4.78 is 5.40. The number of fused-ring (bicyclic) bond motifs is 1. The predicted molar refractivity (Wildman–Crippen MR) is 70.3 cm³/mol. The summed E-state index contributed by atoms with van der Waals surface area (Å²) in [5, 5.41) is 11.2. The molecule has 0 atom stereocenters. The van der Waals surface area contributed by atoms with E-state index >= 15 is 0 Å². The van der Waals surface area contributed by atoms with Crippen LogP contribution in [-0.4, -0.2) is 17.4 Å². The number of carbonyl (C=O) groups excluding carboxylic acids is 1. The normalized spacial score (nSPS) is 10.3. The Kier molecular flexibility index (Phi) is 4.14. The van der Waals surface area contributed by atoms with Gasteiger partial charge in [-0.15, -0.1) is 0 Å². The SMILES string of the molecule is Cc1nc2cc(CCNC(=O)CCC#N)ccc2o1. The first-order chi connectivity index (χ1) is 9.19. The Bertz CT molecular complexity index is 625. The smallest absolute Gasteiger partial charge is 0.221 e. The fraction of sp³-hybridized carbons (Fsp3) is 0.357. The number of nitrogens with zero attached hydrogens (tertiary/aromatic N) is 2. The van der Waals surface area contributed by atoms with Gasteiger partial charge in [-0.05, 0) is 24.1 Å². The summed E-state index contributed by atoms with van der Waals surface area (Å²) in [4.78, 5) is 15.6. The molecule has 0 saturated carbocycles. The molecule has 2 rings (SSSR count). The number of rotatable bonds is 5. The van der Waals surface area contributed by atoms with Gasteiger partial charge in [0.25, 0.3) is 0 Å². The average Bonchev–Trinajstić information content (AvgIpc) is 2.75. The highest BCUT2D eigenvalue weighted by Gasteiger charge is 2.04. The van der Waals surface area contributed by atoms with Crippen LogP contribution < -0.4 is 5.32 Å². The molecule has 2 aromatic rings. The molecule has 0 bridgehead atoms. The largest absolute Gasteiger partial charge is 0.441 e. The number of nitrogens with one attached hydrogen (secondary N) is 1. The van der Waals surface area contributed by atoms with Crippen molar-refractivity contribution in [2.24, 2.45) is 0 Å². The predicted octanol–water partition coefficient (Wildman–Crippen LogP) is 2.10. The minimum Gasteiger partial charge on any atom is -0.441 e. The fourth-order valence-corrected chi connectivity index (χ4v) is 1.85. The zero-order valence-corrected chi connectivity index (χ0v) is 10.8. The van der Waals surface area contributed by atoms with Crippen molar-refractivity contribution in [3.05, 3.63) is 29.7 Å². The first-order valence-corrected chi connectivity index (χ1v) is 6.19. The molecule has 1 aromatic carbocycles. The maximum absolute atomic E-state index is 11.3. The van der Waals surface area contributed by atoms with Gasteiger partial charge in [0.15, 0.2) is 11.5 Å². The van der Waals surface area contributed by atoms with Crippen molar-refractivity contribution in [2.75, 3.05) is 6.54 Å². The zero-order valence-electron chi connectivity index (χ0n) is 10.8. The fourth-order valence-electron chi connectivity index (χ4n) is 1.85. The van der Waals surface area contributed by atoms with Crippen molar-refractivity contribution in [3.8, 4) is 6.07 Å². The average molecular weight is 257 g/mol. The van der Waals surface area contributed by atoms with Gasteiger partial charge in [0.05, 0.1) is 6.07 Å². The topological polar surface area (TPSA) is 78.9 Å². The van der Waals surface area contributed by atoms with Crippen LogP contribution in [0.4, 0.5) is 0 Å². The molecule has 0 fully saturated rings. The molecule has 1 aromatic heterocycles. The third-order valence-electron chi connectivity index (χ3n) is 2.76. The molecule has 1 N–H and O–H groups in total. The van der Waals surface area contributed by atoms with E-state index in [0.29, 0.717) is 12.4 Å². The Morgan fingerprint density at radius 2 is 2.37 bits per heavy atom. The lowest BCUT2D eigenvalue weighted by atomic mass is 10.1. The van der Waals surface area contributed by atoms with Crippen LogP contribution in [0, 0.1) is 18.3 Å². The van der Waals surface area contributed by atoms with Crippen molar-refractivity contribution >= 4 is 17.0 Å². The van der Waals surface area contributed by atoms with E-state index in [-0.39, 0.29) is 18.7 Å². The Labute approximate surface area is 111 Å². The zero-order chi connectivity index (χ0) is 13.7. The maximum atomic E-state index is 11.3. The van der Waals surface area contributed by atoms with Crippen LogP contribution in [-0.2, 0) is 11.2 Å². The monoisotopic (exact) mass is 257 g/mol. The van der Waals surface area contributed by atoms with Crippen molar-refractivity contribution in [1.82, 2.24) is 10.3 Å². The number of nitriles is 1. The Morgan fingerprint density at radius 3 is 3.16 bits per heavy atom. The summed E-state index contributed by atoms with van der Waals surface area (Å²) in [7, 11) is 0. The van der Waals surface area contributed by atoms with Gasteiger partial charge in [-0.3, -0.25) is 4.79 Å². The number of hydrogen-bond donors (Lipinski definition) is 1. The lowest BCUT2D eigenvalue weighted by Gasteiger charge is -2.03. The number of carbonyl (C=O) groups is 1. The van der Waals surface area contributed by atoms with Crippen LogP contribution in [0.2, 0.25) is 0 Å². The Morgan fingerprint density at radius 1 is 1.53 bits per heavy atom. The third kappa shape index (κ3) is 3.55. The van der Waals surface area contributed by atoms with Gasteiger partial charge < -0.3 is 9.73 Å². The number of aromatic nitrogens is 1. The van der Waals surface area contributed by atoms with Crippen LogP contribution in [0.5, 0.6) is 0 Å². The summed E-state index contributed by atoms with van der Waals surface area (Å²) in [6, 6.07) is 7.77. The lowest BCUT2D eigenvalue weighted by molar-refractivity contribution is -0.120. The van der Waals surface area contributed by atoms with Gasteiger partial charge >= 0.3 is 0 Å². The summed E-state index contributed by atoms with van der Waals surface area (Å²) in [6.45, 7) is 2.38. The number of aryl methyl sites for hydroxylation is 1. The molecule has 5 nitrogen and oxygen atoms in total. The van der Waals surface area contributed by atoms with Crippen molar-refractivity contribution < 1.29 is 9.21 Å². The second-order valence-electron chi connectivity index (χ2n) is 4.29. The van der Waals surface area contributed by atoms with Crippen molar-refractivity contribution in [1.29, 1.82) is 5.26 Å². The van der Waals surface area contributed by atoms with Crippen LogP contribution in [0.3, 0.4) is 0 Å². The van der Waals surface area contributed by atoms with E-state index in [4.69, 9.17) is 9.68 Å². The molecule has 0 aliphatic rings. The van der Waals surface area contributed by atoms with Crippen LogP contribution >= 0.6 is 0 Å². The van der Waals surface area contributed by atoms with Gasteiger partial charge in [0.1, 0.15) is 5.52 Å². The third-order valence-corrected chi connectivity index (χ3v) is 2.76. The number of oxazole rings is 1. The summed E-state index contributed by atoms with van der Waals surface area (Å²) >= 11 is 0. The Balaban J connectivity index is 1.88. The molecule has 1 amide bonds. The molecule has 19 heavy (non-hydrogen) atoms. The second-order valence-corrected chi connectivity index (χ2v) is 4.29. The maximum Gasteiger partial charge on any atom is 0.221 e. The summed E-state index contributed by atoms with van der Waals surface area (Å²) in [5.41, 5.74) is 2.71. The van der Waals surface area contributed by atoms with Crippen LogP contribution in [0.25, 0.3) is 11.1 Å². The van der Waals surface area contributed by atoms with Gasteiger partial charge in [-0.1, -0.05) is 6.07 Å². The standard InChI is InChI=1S/C14H15N3O2/c1-10-17-12-9-11(4-5-13(12)19-10)6-8-16-14(18)3-2-7-15/h4-5,9H,2-3,6,8H2,1H3,(H,16,18). The number of benzene rings is 1. The molecule has 0 radical (unpaired) electrons. The highest BCUT2D eigenvalue weighted by molar-refractivity contribution is 5.76. The first-order valence-electron chi connectivity index (χ1n) is 6.19. The first kappa shape index (κ1) is 13.1. The molecule has 0 aliphatic carbocycles. The molecule has 0 saturated heterocycles. The quantitative estimate of drug-likeness (QED) is 0.889. The molecule has 98 valence electrons. The van der Waals surface area contributed by atoms with E-state index in [0.717, 1.165) is 23.1 Å². The van der Waals surface area contributed by atoms with E-state index < -0.39 is 0 Å². The van der Waals surface area contributed by atoms with Crippen LogP contribution in [0.15, 0.2) is 22.6 Å². The molecular weight excluding hydrogens is 242 g/mol. The van der Waals surface area contributed by atoms with E-state index in [1.807, 2.05) is 31.2 Å². The Hall–Kier alpha value is -2.35. The second kappa shape index (κ2) is 6.01. The van der Waals surface area contributed by atoms with Gasteiger partial charge in [-0.2, -0.15) is 5.26 Å². The molecule has 1 heterocycles. The van der Waals surface area contributed by atoms with E-state index in [1.54, 1.807) is 0 Å². The van der Waals surface area contributed by atoms with Gasteiger partial charge in [-0.25, -0.2) is 4.98 Å². The minimum atomic E-state index is -0.0834. The van der Waals surface area contributed by atoms with Crippen molar-refractivity contribution in [2.45, 2.75) is 26.2 Å². The van der Waals surface area contributed by atoms with Gasteiger partial charge in [0, 0.05) is 26.3 Å². The summed E-state index contributed by atoms with van der Waals surface area (Å²) in [6.07, 6.45) is 1.26. The number of hydrogen-bond acceptors (Lipinski definition) is 4. The highest BCUT2D eigenvalue weighted by atomic mass is 16.3. The van der Waals surface area contributed by atoms with E-state index in [1.165, 1.54) is 0 Å². The van der Waals surface area contributed by atoms with Gasteiger partial charge in [0.2, 0.25) is 5.91 Å². The molecule has 0 aliphatic heterocycles. The lowest BCUT2D eigenvalue weighted by Crippen LogP contribution is -2.25. The highest BCUT2D eigenvalue weighted by Crippen LogP contribution is 2.16. The molecule has 0 unspecified atom stereocenters. The molecule has 5 heteroatoms. The summed E-state index contributed by atoms with van der Waals surface area (Å²) in [5.74, 6) is 0.567.